The number of aliphatic hydroxyl groups excluding tert-OH is 1. The van der Waals surface area contributed by atoms with Crippen LogP contribution >= 0.6 is 0 Å². The SMILES string of the molecule is Cc1ccccc1CNc1n[nH]c(CCCO)n1. The standard InChI is InChI=1S/C13H18N4O/c1-10-5-2-3-6-11(10)9-14-13-15-12(16-17-13)7-4-8-18/h2-3,5-6,18H,4,7-9H2,1H3,(H2,14,15,16,17). The fourth-order valence-corrected chi connectivity index (χ4v) is 1.72. The Labute approximate surface area is 106 Å². The van der Waals surface area contributed by atoms with Gasteiger partial charge < -0.3 is 10.4 Å². The fraction of sp³-hybridized carbons (Fsp3) is 0.385. The molecule has 0 atom stereocenters. The van der Waals surface area contributed by atoms with Gasteiger partial charge in [-0.05, 0) is 24.5 Å². The van der Waals surface area contributed by atoms with Gasteiger partial charge in [0.2, 0.25) is 5.95 Å². The molecule has 0 saturated heterocycles. The second kappa shape index (κ2) is 6.16. The Morgan fingerprint density at radius 1 is 1.33 bits per heavy atom. The minimum absolute atomic E-state index is 0.173. The number of nitrogens with zero attached hydrogens (tertiary/aromatic N) is 2. The number of anilines is 1. The molecule has 5 heteroatoms. The molecule has 1 aromatic carbocycles. The van der Waals surface area contributed by atoms with Crippen molar-refractivity contribution in [3.8, 4) is 0 Å². The van der Waals surface area contributed by atoms with Gasteiger partial charge in [-0.3, -0.25) is 5.10 Å². The quantitative estimate of drug-likeness (QED) is 0.724. The summed E-state index contributed by atoms with van der Waals surface area (Å²) in [7, 11) is 0. The van der Waals surface area contributed by atoms with Crippen LogP contribution in [-0.4, -0.2) is 26.9 Å². The molecule has 1 aromatic heterocycles. The highest BCUT2D eigenvalue weighted by Crippen LogP contribution is 2.09. The molecule has 96 valence electrons. The largest absolute Gasteiger partial charge is 0.396 e. The molecule has 3 N–H and O–H groups in total. The Hall–Kier alpha value is -1.88. The number of hydrogen-bond acceptors (Lipinski definition) is 4. The van der Waals surface area contributed by atoms with Crippen molar-refractivity contribution in [2.75, 3.05) is 11.9 Å². The highest BCUT2D eigenvalue weighted by Gasteiger charge is 2.03. The molecule has 0 spiro atoms. The molecule has 0 aliphatic carbocycles. The Morgan fingerprint density at radius 3 is 2.94 bits per heavy atom. The van der Waals surface area contributed by atoms with Crippen molar-refractivity contribution in [1.29, 1.82) is 0 Å². The first-order chi connectivity index (χ1) is 8.79. The zero-order valence-corrected chi connectivity index (χ0v) is 10.5. The normalized spacial score (nSPS) is 10.6. The van der Waals surface area contributed by atoms with E-state index >= 15 is 0 Å². The summed E-state index contributed by atoms with van der Waals surface area (Å²) in [5, 5.41) is 18.9. The predicted molar refractivity (Wildman–Crippen MR) is 70.3 cm³/mol. The molecule has 0 aliphatic heterocycles. The lowest BCUT2D eigenvalue weighted by atomic mass is 10.1. The molecule has 2 rings (SSSR count). The van der Waals surface area contributed by atoms with Crippen LogP contribution < -0.4 is 5.32 Å². The maximum absolute atomic E-state index is 8.74. The van der Waals surface area contributed by atoms with E-state index in [0.717, 1.165) is 12.2 Å². The molecule has 0 bridgehead atoms. The van der Waals surface area contributed by atoms with Crippen molar-refractivity contribution in [2.45, 2.75) is 26.3 Å². The van der Waals surface area contributed by atoms with Crippen molar-refractivity contribution in [1.82, 2.24) is 15.2 Å². The van der Waals surface area contributed by atoms with Gasteiger partial charge >= 0.3 is 0 Å². The van der Waals surface area contributed by atoms with E-state index < -0.39 is 0 Å². The third-order valence-electron chi connectivity index (χ3n) is 2.80. The molecular weight excluding hydrogens is 228 g/mol. The zero-order valence-electron chi connectivity index (χ0n) is 10.5. The smallest absolute Gasteiger partial charge is 0.242 e. The van der Waals surface area contributed by atoms with Gasteiger partial charge in [-0.1, -0.05) is 24.3 Å². The molecule has 2 aromatic rings. The summed E-state index contributed by atoms with van der Waals surface area (Å²) in [5.74, 6) is 1.41. The minimum Gasteiger partial charge on any atom is -0.396 e. The highest BCUT2D eigenvalue weighted by atomic mass is 16.2. The highest BCUT2D eigenvalue weighted by molar-refractivity contribution is 5.31. The van der Waals surface area contributed by atoms with E-state index in [2.05, 4.69) is 39.6 Å². The molecule has 5 nitrogen and oxygen atoms in total. The topological polar surface area (TPSA) is 73.8 Å². The van der Waals surface area contributed by atoms with Crippen LogP contribution in [0.5, 0.6) is 0 Å². The van der Waals surface area contributed by atoms with Crippen molar-refractivity contribution in [3.05, 3.63) is 41.2 Å². The molecule has 0 amide bonds. The number of hydrogen-bond donors (Lipinski definition) is 3. The van der Waals surface area contributed by atoms with Crippen LogP contribution in [0.3, 0.4) is 0 Å². The van der Waals surface area contributed by atoms with Crippen LogP contribution in [0.2, 0.25) is 0 Å². The van der Waals surface area contributed by atoms with Gasteiger partial charge in [-0.15, -0.1) is 5.10 Å². The fourth-order valence-electron chi connectivity index (χ4n) is 1.72. The lowest BCUT2D eigenvalue weighted by molar-refractivity contribution is 0.287. The number of nitrogens with one attached hydrogen (secondary N) is 2. The number of aromatic amines is 1. The van der Waals surface area contributed by atoms with Crippen molar-refractivity contribution < 1.29 is 5.11 Å². The number of aliphatic hydroxyl groups is 1. The van der Waals surface area contributed by atoms with E-state index in [1.807, 2.05) is 12.1 Å². The van der Waals surface area contributed by atoms with Gasteiger partial charge in [0, 0.05) is 19.6 Å². The minimum atomic E-state index is 0.173. The van der Waals surface area contributed by atoms with E-state index in [1.165, 1.54) is 11.1 Å². The summed E-state index contributed by atoms with van der Waals surface area (Å²) in [5.41, 5.74) is 2.49. The average molecular weight is 246 g/mol. The second-order valence-electron chi connectivity index (χ2n) is 4.21. The zero-order chi connectivity index (χ0) is 12.8. The maximum atomic E-state index is 8.74. The molecule has 0 unspecified atom stereocenters. The van der Waals surface area contributed by atoms with E-state index in [4.69, 9.17) is 5.11 Å². The lowest BCUT2D eigenvalue weighted by Gasteiger charge is -2.05. The van der Waals surface area contributed by atoms with Gasteiger partial charge in [-0.25, -0.2) is 0 Å². The van der Waals surface area contributed by atoms with Crippen molar-refractivity contribution >= 4 is 5.95 Å². The van der Waals surface area contributed by atoms with Crippen LogP contribution in [0.15, 0.2) is 24.3 Å². The molecule has 1 heterocycles. The second-order valence-corrected chi connectivity index (χ2v) is 4.21. The molecule has 18 heavy (non-hydrogen) atoms. The van der Waals surface area contributed by atoms with Crippen LogP contribution in [0.4, 0.5) is 5.95 Å². The van der Waals surface area contributed by atoms with E-state index in [0.29, 0.717) is 18.9 Å². The van der Waals surface area contributed by atoms with Crippen molar-refractivity contribution in [2.24, 2.45) is 0 Å². The van der Waals surface area contributed by atoms with Gasteiger partial charge in [0.05, 0.1) is 0 Å². The first kappa shape index (κ1) is 12.6. The molecule has 0 aliphatic rings. The van der Waals surface area contributed by atoms with E-state index in [1.54, 1.807) is 0 Å². The Kier molecular flexibility index (Phi) is 4.30. The van der Waals surface area contributed by atoms with Crippen molar-refractivity contribution in [3.63, 3.8) is 0 Å². The van der Waals surface area contributed by atoms with Crippen LogP contribution in [-0.2, 0) is 13.0 Å². The van der Waals surface area contributed by atoms with Gasteiger partial charge in [0.25, 0.3) is 0 Å². The third kappa shape index (κ3) is 3.30. The Morgan fingerprint density at radius 2 is 2.17 bits per heavy atom. The van der Waals surface area contributed by atoms with E-state index in [-0.39, 0.29) is 6.61 Å². The summed E-state index contributed by atoms with van der Waals surface area (Å²) in [4.78, 5) is 4.30. The number of benzene rings is 1. The van der Waals surface area contributed by atoms with Crippen LogP contribution in [0.1, 0.15) is 23.4 Å². The molecule has 0 radical (unpaired) electrons. The molecular formula is C13H18N4O. The maximum Gasteiger partial charge on any atom is 0.242 e. The summed E-state index contributed by atoms with van der Waals surface area (Å²) in [6, 6.07) is 8.22. The summed E-state index contributed by atoms with van der Waals surface area (Å²) in [6.45, 7) is 2.97. The van der Waals surface area contributed by atoms with Gasteiger partial charge in [0.15, 0.2) is 0 Å². The Balaban J connectivity index is 1.90. The summed E-state index contributed by atoms with van der Waals surface area (Å²) < 4.78 is 0. The average Bonchev–Trinajstić information content (AvgIpc) is 2.83. The van der Waals surface area contributed by atoms with E-state index in [9.17, 15) is 0 Å². The lowest BCUT2D eigenvalue weighted by Crippen LogP contribution is -2.02. The first-order valence-corrected chi connectivity index (χ1v) is 6.10. The van der Waals surface area contributed by atoms with Gasteiger partial charge in [-0.2, -0.15) is 4.98 Å². The third-order valence-corrected chi connectivity index (χ3v) is 2.80. The number of H-pyrrole nitrogens is 1. The summed E-state index contributed by atoms with van der Waals surface area (Å²) in [6.07, 6.45) is 1.42. The first-order valence-electron chi connectivity index (χ1n) is 6.10. The molecule has 0 fully saturated rings. The number of rotatable bonds is 6. The number of aromatic nitrogens is 3. The Bertz CT molecular complexity index is 495. The van der Waals surface area contributed by atoms with Crippen LogP contribution in [0.25, 0.3) is 0 Å². The monoisotopic (exact) mass is 246 g/mol. The van der Waals surface area contributed by atoms with Gasteiger partial charge in [0.1, 0.15) is 5.82 Å². The number of aryl methyl sites for hydroxylation is 2. The molecule has 0 saturated carbocycles. The van der Waals surface area contributed by atoms with Crippen LogP contribution in [0, 0.1) is 6.92 Å². The summed E-state index contributed by atoms with van der Waals surface area (Å²) >= 11 is 0. The predicted octanol–water partition coefficient (Wildman–Crippen LogP) is 1.65.